The molecule has 112 valence electrons. The zero-order chi connectivity index (χ0) is 15.4. The Kier molecular flexibility index (Phi) is 4.59. The molecule has 0 saturated heterocycles. The maximum Gasteiger partial charge on any atom is 0.145 e. The van der Waals surface area contributed by atoms with Crippen molar-refractivity contribution >= 4 is 17.3 Å². The Morgan fingerprint density at radius 2 is 1.86 bits per heavy atom. The first kappa shape index (κ1) is 15.1. The van der Waals surface area contributed by atoms with Gasteiger partial charge in [0, 0.05) is 12.0 Å². The van der Waals surface area contributed by atoms with Gasteiger partial charge >= 0.3 is 0 Å². The van der Waals surface area contributed by atoms with Crippen molar-refractivity contribution in [1.82, 2.24) is 9.97 Å². The smallest absolute Gasteiger partial charge is 0.145 e. The van der Waals surface area contributed by atoms with Crippen LogP contribution >= 0.6 is 0 Å². The Morgan fingerprint density at radius 3 is 2.48 bits per heavy atom. The molecule has 0 spiro atoms. The number of aromatic nitrogens is 2. The Labute approximate surface area is 124 Å². The SMILES string of the molecule is COc1ccc(C)cc1Nc1cc(NN)nc(C(C)C)n1. The molecule has 4 N–H and O–H groups in total. The molecule has 1 heterocycles. The monoisotopic (exact) mass is 287 g/mol. The summed E-state index contributed by atoms with van der Waals surface area (Å²) < 4.78 is 5.36. The zero-order valence-corrected chi connectivity index (χ0v) is 12.8. The number of nitrogens with zero attached hydrogens (tertiary/aromatic N) is 2. The van der Waals surface area contributed by atoms with Crippen molar-refractivity contribution in [3.8, 4) is 5.75 Å². The minimum atomic E-state index is 0.207. The molecule has 0 aliphatic rings. The molecule has 0 aliphatic heterocycles. The van der Waals surface area contributed by atoms with E-state index in [0.29, 0.717) is 11.6 Å². The van der Waals surface area contributed by atoms with Crippen LogP contribution in [-0.2, 0) is 0 Å². The van der Waals surface area contributed by atoms with E-state index in [4.69, 9.17) is 10.6 Å². The number of aryl methyl sites for hydroxylation is 1. The normalized spacial score (nSPS) is 10.6. The Hall–Kier alpha value is -2.34. The number of nitrogen functional groups attached to an aromatic ring is 1. The topological polar surface area (TPSA) is 85.1 Å². The fraction of sp³-hybridized carbons (Fsp3) is 0.333. The second-order valence-electron chi connectivity index (χ2n) is 5.12. The molecule has 1 aromatic carbocycles. The van der Waals surface area contributed by atoms with E-state index in [1.165, 1.54) is 0 Å². The van der Waals surface area contributed by atoms with Crippen molar-refractivity contribution in [3.63, 3.8) is 0 Å². The lowest BCUT2D eigenvalue weighted by Gasteiger charge is -2.14. The molecule has 0 amide bonds. The van der Waals surface area contributed by atoms with Gasteiger partial charge in [0.05, 0.1) is 12.8 Å². The number of hydrazine groups is 1. The molecule has 0 atom stereocenters. The molecule has 6 heteroatoms. The number of ether oxygens (including phenoxy) is 1. The van der Waals surface area contributed by atoms with Gasteiger partial charge in [0.15, 0.2) is 0 Å². The van der Waals surface area contributed by atoms with Gasteiger partial charge in [0.25, 0.3) is 0 Å². The highest BCUT2D eigenvalue weighted by Gasteiger charge is 2.10. The van der Waals surface area contributed by atoms with Gasteiger partial charge in [0.1, 0.15) is 23.2 Å². The fourth-order valence-corrected chi connectivity index (χ4v) is 1.92. The number of nitrogens with one attached hydrogen (secondary N) is 2. The molecular formula is C15H21N5O. The highest BCUT2D eigenvalue weighted by molar-refractivity contribution is 5.66. The number of anilines is 3. The third kappa shape index (κ3) is 3.61. The quantitative estimate of drug-likeness (QED) is 0.579. The third-order valence-electron chi connectivity index (χ3n) is 3.03. The van der Waals surface area contributed by atoms with Gasteiger partial charge in [-0.2, -0.15) is 0 Å². The van der Waals surface area contributed by atoms with Gasteiger partial charge in [0.2, 0.25) is 0 Å². The zero-order valence-electron chi connectivity index (χ0n) is 12.8. The molecule has 0 bridgehead atoms. The van der Waals surface area contributed by atoms with Crippen LogP contribution in [0.15, 0.2) is 24.3 Å². The molecule has 2 rings (SSSR count). The average Bonchev–Trinajstić information content (AvgIpc) is 2.47. The van der Waals surface area contributed by atoms with Crippen molar-refractivity contribution < 1.29 is 4.74 Å². The van der Waals surface area contributed by atoms with E-state index in [1.807, 2.05) is 39.0 Å². The first-order chi connectivity index (χ1) is 10.0. The maximum absolute atomic E-state index is 5.47. The summed E-state index contributed by atoms with van der Waals surface area (Å²) in [7, 11) is 1.64. The van der Waals surface area contributed by atoms with E-state index >= 15 is 0 Å². The molecule has 1 aromatic heterocycles. The highest BCUT2D eigenvalue weighted by atomic mass is 16.5. The number of benzene rings is 1. The number of nitrogens with two attached hydrogens (primary N) is 1. The number of methoxy groups -OCH3 is 1. The van der Waals surface area contributed by atoms with Crippen LogP contribution in [0.4, 0.5) is 17.3 Å². The number of hydrogen-bond donors (Lipinski definition) is 3. The van der Waals surface area contributed by atoms with Crippen molar-refractivity contribution in [2.75, 3.05) is 17.9 Å². The highest BCUT2D eigenvalue weighted by Crippen LogP contribution is 2.29. The van der Waals surface area contributed by atoms with Crippen molar-refractivity contribution in [3.05, 3.63) is 35.7 Å². The van der Waals surface area contributed by atoms with Crippen molar-refractivity contribution in [2.24, 2.45) is 5.84 Å². The standard InChI is InChI=1S/C15H21N5O/c1-9(2)15-18-13(8-14(19-15)20-16)17-11-7-10(3)5-6-12(11)21-4/h5-9H,16H2,1-4H3,(H2,17,18,19,20). The molecule has 0 aliphatic carbocycles. The van der Waals surface area contributed by atoms with Crippen LogP contribution in [0, 0.1) is 6.92 Å². The summed E-state index contributed by atoms with van der Waals surface area (Å²) in [6.07, 6.45) is 0. The lowest BCUT2D eigenvalue weighted by atomic mass is 10.2. The summed E-state index contributed by atoms with van der Waals surface area (Å²) >= 11 is 0. The minimum absolute atomic E-state index is 0.207. The summed E-state index contributed by atoms with van der Waals surface area (Å²) in [5.41, 5.74) is 4.55. The molecule has 0 radical (unpaired) electrons. The first-order valence-electron chi connectivity index (χ1n) is 6.80. The lowest BCUT2D eigenvalue weighted by molar-refractivity contribution is 0.416. The molecule has 6 nitrogen and oxygen atoms in total. The summed E-state index contributed by atoms with van der Waals surface area (Å²) in [5.74, 6) is 8.40. The predicted molar refractivity (Wildman–Crippen MR) is 84.9 cm³/mol. The van der Waals surface area contributed by atoms with Crippen molar-refractivity contribution in [1.29, 1.82) is 0 Å². The largest absolute Gasteiger partial charge is 0.495 e. The van der Waals surface area contributed by atoms with Crippen LogP contribution in [0.3, 0.4) is 0 Å². The van der Waals surface area contributed by atoms with Crippen molar-refractivity contribution in [2.45, 2.75) is 26.7 Å². The number of rotatable bonds is 5. The molecule has 2 aromatic rings. The minimum Gasteiger partial charge on any atom is -0.495 e. The van der Waals surface area contributed by atoms with Gasteiger partial charge < -0.3 is 15.5 Å². The first-order valence-corrected chi connectivity index (χ1v) is 6.80. The molecule has 21 heavy (non-hydrogen) atoms. The summed E-state index contributed by atoms with van der Waals surface area (Å²) in [6, 6.07) is 7.68. The van der Waals surface area contributed by atoms with E-state index in [-0.39, 0.29) is 5.92 Å². The molecule has 0 saturated carbocycles. The molecule has 0 fully saturated rings. The van der Waals surface area contributed by atoms with Crippen LogP contribution < -0.4 is 21.3 Å². The summed E-state index contributed by atoms with van der Waals surface area (Å²) in [6.45, 7) is 6.09. The Balaban J connectivity index is 2.39. The Bertz CT molecular complexity index is 627. The second kappa shape index (κ2) is 6.41. The van der Waals surface area contributed by atoms with E-state index < -0.39 is 0 Å². The molecule has 0 unspecified atom stereocenters. The average molecular weight is 287 g/mol. The van der Waals surface area contributed by atoms with Crippen LogP contribution in [0.2, 0.25) is 0 Å². The Morgan fingerprint density at radius 1 is 1.14 bits per heavy atom. The maximum atomic E-state index is 5.47. The van der Waals surface area contributed by atoms with E-state index in [9.17, 15) is 0 Å². The third-order valence-corrected chi connectivity index (χ3v) is 3.03. The van der Waals surface area contributed by atoms with Crippen LogP contribution in [0.5, 0.6) is 5.75 Å². The second-order valence-corrected chi connectivity index (χ2v) is 5.12. The van der Waals surface area contributed by atoms with Crippen LogP contribution in [-0.4, -0.2) is 17.1 Å². The van der Waals surface area contributed by atoms with E-state index in [2.05, 4.69) is 20.7 Å². The number of hydrogen-bond acceptors (Lipinski definition) is 6. The van der Waals surface area contributed by atoms with Gasteiger partial charge in [-0.3, -0.25) is 0 Å². The van der Waals surface area contributed by atoms with Crippen LogP contribution in [0.1, 0.15) is 31.2 Å². The fourth-order valence-electron chi connectivity index (χ4n) is 1.92. The summed E-state index contributed by atoms with van der Waals surface area (Å²) in [5, 5.41) is 3.26. The van der Waals surface area contributed by atoms with Gasteiger partial charge in [-0.1, -0.05) is 19.9 Å². The van der Waals surface area contributed by atoms with E-state index in [0.717, 1.165) is 22.8 Å². The lowest BCUT2D eigenvalue weighted by Crippen LogP contribution is -2.12. The van der Waals surface area contributed by atoms with Crippen LogP contribution in [0.25, 0.3) is 0 Å². The van der Waals surface area contributed by atoms with Gasteiger partial charge in [-0.25, -0.2) is 15.8 Å². The van der Waals surface area contributed by atoms with Gasteiger partial charge in [-0.05, 0) is 24.6 Å². The van der Waals surface area contributed by atoms with E-state index in [1.54, 1.807) is 13.2 Å². The summed E-state index contributed by atoms with van der Waals surface area (Å²) in [4.78, 5) is 8.84. The molecular weight excluding hydrogens is 266 g/mol. The van der Waals surface area contributed by atoms with Gasteiger partial charge in [-0.15, -0.1) is 0 Å². The predicted octanol–water partition coefficient (Wildman–Crippen LogP) is 2.95.